The minimum atomic E-state index is -1.69. The summed E-state index contributed by atoms with van der Waals surface area (Å²) in [5.41, 5.74) is -3.35. The monoisotopic (exact) mass is 272 g/mol. The molecule has 0 amide bonds. The summed E-state index contributed by atoms with van der Waals surface area (Å²) in [6.07, 6.45) is -0.728. The fourth-order valence-corrected chi connectivity index (χ4v) is 3.34. The molecule has 0 spiro atoms. The molecule has 3 aliphatic heterocycles. The van der Waals surface area contributed by atoms with Crippen molar-refractivity contribution in [3.8, 4) is 18.2 Å². The van der Waals surface area contributed by atoms with Gasteiger partial charge in [-0.3, -0.25) is 5.41 Å². The quantitative estimate of drug-likeness (QED) is 0.783. The topological polar surface area (TPSA) is 114 Å². The molecule has 6 heteroatoms. The molecule has 0 saturated carbocycles. The van der Waals surface area contributed by atoms with Crippen LogP contribution in [0.4, 0.5) is 0 Å². The van der Waals surface area contributed by atoms with E-state index in [1.165, 1.54) is 0 Å². The first-order valence-electron chi connectivity index (χ1n) is 6.45. The molecular weight excluding hydrogens is 256 g/mol. The van der Waals surface area contributed by atoms with Crippen LogP contribution in [-0.2, 0) is 9.47 Å². The molecule has 4 atom stereocenters. The van der Waals surface area contributed by atoms with Gasteiger partial charge in [0.2, 0.25) is 11.7 Å². The minimum Gasteiger partial charge on any atom is -0.448 e. The maximum Gasteiger partial charge on any atom is 0.214 e. The Balaban J connectivity index is 2.83. The van der Waals surface area contributed by atoms with Crippen molar-refractivity contribution in [2.75, 3.05) is 0 Å². The third-order valence-electron chi connectivity index (χ3n) is 4.64. The summed E-state index contributed by atoms with van der Waals surface area (Å²) in [6, 6.07) is 6.00. The highest BCUT2D eigenvalue weighted by atomic mass is 16.7. The Morgan fingerprint density at radius 3 is 2.15 bits per heavy atom. The van der Waals surface area contributed by atoms with Crippen molar-refractivity contribution in [3.63, 3.8) is 0 Å². The number of nitrogens with one attached hydrogen (secondary N) is 1. The van der Waals surface area contributed by atoms with Crippen molar-refractivity contribution in [1.82, 2.24) is 0 Å². The lowest BCUT2D eigenvalue weighted by Gasteiger charge is -2.61. The van der Waals surface area contributed by atoms with Crippen LogP contribution in [0.25, 0.3) is 0 Å². The maximum absolute atomic E-state index is 9.70. The normalized spacial score (nSPS) is 41.4. The van der Waals surface area contributed by atoms with E-state index < -0.39 is 28.6 Å². The highest BCUT2D eigenvalue weighted by Gasteiger charge is 2.77. The van der Waals surface area contributed by atoms with Gasteiger partial charge < -0.3 is 9.47 Å². The summed E-state index contributed by atoms with van der Waals surface area (Å²) in [5.74, 6) is -2.36. The zero-order valence-corrected chi connectivity index (χ0v) is 11.9. The first-order valence-corrected chi connectivity index (χ1v) is 6.45. The van der Waals surface area contributed by atoms with Crippen molar-refractivity contribution in [2.24, 2.45) is 22.7 Å². The Morgan fingerprint density at radius 2 is 1.75 bits per heavy atom. The van der Waals surface area contributed by atoms with Gasteiger partial charge >= 0.3 is 0 Å². The van der Waals surface area contributed by atoms with Crippen LogP contribution in [0.3, 0.4) is 0 Å². The standard InChI is InChI=1S/C14H16N4O2/c1-8(2)10-14(7-17)11(18)20-12(4,19-10)9(3)13(14,5-15)6-16/h8-10,18H,1-4H3/t9-,10+,12+,14+/m1/s1. The summed E-state index contributed by atoms with van der Waals surface area (Å²) in [4.78, 5) is 0. The largest absolute Gasteiger partial charge is 0.448 e. The van der Waals surface area contributed by atoms with E-state index >= 15 is 0 Å². The average Bonchev–Trinajstić information content (AvgIpc) is 2.40. The molecule has 3 rings (SSSR count). The number of hydrogen-bond donors (Lipinski definition) is 1. The SMILES string of the molecule is CC(C)[C@@H]1O[C@@]2(C)OC(=N)[C@@]1(C#N)C(C#N)(C#N)[C@@H]2C. The van der Waals surface area contributed by atoms with E-state index in [0.717, 1.165) is 0 Å². The molecule has 0 unspecified atom stereocenters. The van der Waals surface area contributed by atoms with Crippen LogP contribution < -0.4 is 0 Å². The van der Waals surface area contributed by atoms with Crippen LogP contribution in [0, 0.1) is 62.1 Å². The molecule has 0 aromatic carbocycles. The Morgan fingerprint density at radius 1 is 1.20 bits per heavy atom. The number of ether oxygens (including phenoxy) is 2. The molecule has 2 bridgehead atoms. The van der Waals surface area contributed by atoms with Gasteiger partial charge in [0.1, 0.15) is 0 Å². The zero-order chi connectivity index (χ0) is 15.3. The highest BCUT2D eigenvalue weighted by molar-refractivity contribution is 5.88. The van der Waals surface area contributed by atoms with Crippen LogP contribution >= 0.6 is 0 Å². The zero-order valence-electron chi connectivity index (χ0n) is 11.9. The van der Waals surface area contributed by atoms with Crippen molar-refractivity contribution in [1.29, 1.82) is 21.2 Å². The average molecular weight is 272 g/mol. The van der Waals surface area contributed by atoms with E-state index in [9.17, 15) is 15.8 Å². The summed E-state index contributed by atoms with van der Waals surface area (Å²) < 4.78 is 11.3. The van der Waals surface area contributed by atoms with Gasteiger partial charge in [0.25, 0.3) is 0 Å². The van der Waals surface area contributed by atoms with Crippen molar-refractivity contribution in [3.05, 3.63) is 0 Å². The smallest absolute Gasteiger partial charge is 0.214 e. The second-order valence-corrected chi connectivity index (χ2v) is 5.90. The molecule has 3 saturated heterocycles. The Hall–Kier alpha value is -2.10. The minimum absolute atomic E-state index is 0.133. The van der Waals surface area contributed by atoms with Crippen LogP contribution in [0.5, 0.6) is 0 Å². The predicted octanol–water partition coefficient (Wildman–Crippen LogP) is 1.94. The van der Waals surface area contributed by atoms with Gasteiger partial charge in [0.15, 0.2) is 10.8 Å². The summed E-state index contributed by atoms with van der Waals surface area (Å²) in [7, 11) is 0. The second-order valence-electron chi connectivity index (χ2n) is 5.90. The molecule has 0 aromatic heterocycles. The van der Waals surface area contributed by atoms with Crippen molar-refractivity contribution >= 4 is 5.90 Å². The van der Waals surface area contributed by atoms with Crippen molar-refractivity contribution in [2.45, 2.75) is 39.6 Å². The molecule has 0 radical (unpaired) electrons. The lowest BCUT2D eigenvalue weighted by Crippen LogP contribution is -2.74. The second kappa shape index (κ2) is 3.95. The van der Waals surface area contributed by atoms with Gasteiger partial charge in [-0.15, -0.1) is 0 Å². The van der Waals surface area contributed by atoms with Gasteiger partial charge in [0, 0.05) is 6.92 Å². The first-order chi connectivity index (χ1) is 9.25. The molecule has 3 aliphatic rings. The van der Waals surface area contributed by atoms with E-state index in [4.69, 9.17) is 14.9 Å². The van der Waals surface area contributed by atoms with E-state index in [2.05, 4.69) is 0 Å². The third kappa shape index (κ3) is 1.22. The fraction of sp³-hybridized carbons (Fsp3) is 0.714. The number of nitriles is 3. The van der Waals surface area contributed by atoms with E-state index in [-0.39, 0.29) is 11.8 Å². The van der Waals surface area contributed by atoms with E-state index in [0.29, 0.717) is 0 Å². The lowest BCUT2D eigenvalue weighted by molar-refractivity contribution is -0.342. The molecule has 104 valence electrons. The Bertz CT molecular complexity index is 580. The summed E-state index contributed by atoms with van der Waals surface area (Å²) >= 11 is 0. The Kier molecular flexibility index (Phi) is 2.82. The van der Waals surface area contributed by atoms with Gasteiger partial charge in [-0.25, -0.2) is 0 Å². The number of rotatable bonds is 1. The van der Waals surface area contributed by atoms with Gasteiger partial charge in [-0.1, -0.05) is 20.8 Å². The molecular formula is C14H16N4O2. The molecule has 20 heavy (non-hydrogen) atoms. The van der Waals surface area contributed by atoms with Crippen LogP contribution in [0.2, 0.25) is 0 Å². The number of fused-ring (bicyclic) bond motifs is 3. The van der Waals surface area contributed by atoms with Gasteiger partial charge in [0.05, 0.1) is 30.2 Å². The Labute approximate surface area is 118 Å². The molecule has 6 nitrogen and oxygen atoms in total. The number of nitrogens with zero attached hydrogens (tertiary/aromatic N) is 3. The maximum atomic E-state index is 9.70. The van der Waals surface area contributed by atoms with Crippen molar-refractivity contribution < 1.29 is 9.47 Å². The number of hydrogen-bond acceptors (Lipinski definition) is 6. The van der Waals surface area contributed by atoms with E-state index in [1.807, 2.05) is 32.1 Å². The van der Waals surface area contributed by atoms with Gasteiger partial charge in [-0.05, 0) is 5.92 Å². The predicted molar refractivity (Wildman–Crippen MR) is 67.8 cm³/mol. The lowest BCUT2D eigenvalue weighted by atomic mass is 9.50. The summed E-state index contributed by atoms with van der Waals surface area (Å²) in [6.45, 7) is 6.95. The van der Waals surface area contributed by atoms with E-state index in [1.54, 1.807) is 13.8 Å². The molecule has 0 aromatic rings. The molecule has 1 N–H and O–H groups in total. The fourth-order valence-electron chi connectivity index (χ4n) is 3.34. The van der Waals surface area contributed by atoms with Gasteiger partial charge in [-0.2, -0.15) is 15.8 Å². The van der Waals surface area contributed by atoms with Crippen LogP contribution in [-0.4, -0.2) is 17.8 Å². The van der Waals surface area contributed by atoms with Crippen LogP contribution in [0.1, 0.15) is 27.7 Å². The summed E-state index contributed by atoms with van der Waals surface area (Å²) in [5, 5.41) is 37.1. The van der Waals surface area contributed by atoms with Crippen LogP contribution in [0.15, 0.2) is 0 Å². The highest BCUT2D eigenvalue weighted by Crippen LogP contribution is 2.62. The molecule has 3 fully saturated rings. The molecule has 0 aliphatic carbocycles. The first kappa shape index (κ1) is 14.3. The third-order valence-corrected chi connectivity index (χ3v) is 4.64. The molecule has 3 heterocycles.